The lowest BCUT2D eigenvalue weighted by Crippen LogP contribution is -2.10. The van der Waals surface area contributed by atoms with Gasteiger partial charge in [-0.25, -0.2) is 0 Å². The SMILES string of the molecule is O=C(O)CS(=O)c1ccccc1[N+](=O)[O-]. The molecule has 0 bridgehead atoms. The number of hydrogen-bond acceptors (Lipinski definition) is 4. The quantitative estimate of drug-likeness (QED) is 0.608. The van der Waals surface area contributed by atoms with Crippen molar-refractivity contribution in [2.24, 2.45) is 0 Å². The van der Waals surface area contributed by atoms with Crippen molar-refractivity contribution in [1.82, 2.24) is 0 Å². The maximum Gasteiger partial charge on any atom is 0.316 e. The highest BCUT2D eigenvalue weighted by Gasteiger charge is 2.19. The van der Waals surface area contributed by atoms with Gasteiger partial charge in [0.2, 0.25) is 0 Å². The van der Waals surface area contributed by atoms with Gasteiger partial charge in [0, 0.05) is 6.07 Å². The molecule has 80 valence electrons. The number of carboxylic acids is 1. The Hall–Kier alpha value is -1.76. The van der Waals surface area contributed by atoms with Crippen molar-refractivity contribution in [3.8, 4) is 0 Å². The number of nitro groups is 1. The van der Waals surface area contributed by atoms with Crippen molar-refractivity contribution in [2.45, 2.75) is 4.90 Å². The maximum atomic E-state index is 11.4. The van der Waals surface area contributed by atoms with E-state index in [-0.39, 0.29) is 10.6 Å². The second-order valence-corrected chi connectivity index (χ2v) is 4.03. The molecule has 0 spiro atoms. The average molecular weight is 229 g/mol. The molecular weight excluding hydrogens is 222 g/mol. The van der Waals surface area contributed by atoms with Gasteiger partial charge in [-0.15, -0.1) is 0 Å². The molecule has 0 heterocycles. The predicted molar refractivity (Wildman–Crippen MR) is 52.0 cm³/mol. The molecule has 1 N–H and O–H groups in total. The Morgan fingerprint density at radius 3 is 2.60 bits per heavy atom. The molecule has 0 aromatic heterocycles. The number of rotatable bonds is 4. The number of carboxylic acid groups (broad SMARTS) is 1. The Balaban J connectivity index is 3.08. The summed E-state index contributed by atoms with van der Waals surface area (Å²) >= 11 is 0. The number of hydrogen-bond donors (Lipinski definition) is 1. The maximum absolute atomic E-state index is 11.4. The Labute approximate surface area is 87.1 Å². The van der Waals surface area contributed by atoms with E-state index in [1.165, 1.54) is 24.3 Å². The van der Waals surface area contributed by atoms with Crippen LogP contribution >= 0.6 is 0 Å². The highest BCUT2D eigenvalue weighted by atomic mass is 32.2. The highest BCUT2D eigenvalue weighted by Crippen LogP contribution is 2.21. The molecular formula is C8H7NO5S. The van der Waals surface area contributed by atoms with Gasteiger partial charge in [0.25, 0.3) is 5.69 Å². The van der Waals surface area contributed by atoms with E-state index in [4.69, 9.17) is 5.11 Å². The third-order valence-electron chi connectivity index (χ3n) is 1.56. The van der Waals surface area contributed by atoms with Crippen LogP contribution in [0.25, 0.3) is 0 Å². The van der Waals surface area contributed by atoms with Gasteiger partial charge in [-0.3, -0.25) is 19.1 Å². The minimum absolute atomic E-state index is 0.0649. The molecule has 0 radical (unpaired) electrons. The van der Waals surface area contributed by atoms with Crippen LogP contribution < -0.4 is 0 Å². The summed E-state index contributed by atoms with van der Waals surface area (Å²) in [4.78, 5) is 20.1. The van der Waals surface area contributed by atoms with Crippen LogP contribution in [0.4, 0.5) is 5.69 Å². The summed E-state index contributed by atoms with van der Waals surface area (Å²) in [6.07, 6.45) is 0. The van der Waals surface area contributed by atoms with Crippen LogP contribution in [0.1, 0.15) is 0 Å². The molecule has 0 aliphatic rings. The first-order valence-electron chi connectivity index (χ1n) is 3.86. The summed E-state index contributed by atoms with van der Waals surface area (Å²) in [5.74, 6) is -1.89. The van der Waals surface area contributed by atoms with Crippen LogP contribution in [0.5, 0.6) is 0 Å². The zero-order chi connectivity index (χ0) is 11.4. The molecule has 7 heteroatoms. The summed E-state index contributed by atoms with van der Waals surface area (Å²) in [6, 6.07) is 5.38. The molecule has 1 aromatic carbocycles. The molecule has 1 rings (SSSR count). The summed E-state index contributed by atoms with van der Waals surface area (Å²) in [5, 5.41) is 18.9. The van der Waals surface area contributed by atoms with Crippen molar-refractivity contribution >= 4 is 22.5 Å². The number of nitro benzene ring substituents is 1. The molecule has 0 saturated heterocycles. The van der Waals surface area contributed by atoms with Crippen LogP contribution in [-0.2, 0) is 15.6 Å². The highest BCUT2D eigenvalue weighted by molar-refractivity contribution is 7.85. The van der Waals surface area contributed by atoms with Crippen LogP contribution in [0, 0.1) is 10.1 Å². The van der Waals surface area contributed by atoms with Gasteiger partial charge < -0.3 is 5.11 Å². The molecule has 6 nitrogen and oxygen atoms in total. The molecule has 0 aliphatic heterocycles. The van der Waals surface area contributed by atoms with Crippen molar-refractivity contribution in [3.63, 3.8) is 0 Å². The number of benzene rings is 1. The number of nitrogens with zero attached hydrogens (tertiary/aromatic N) is 1. The van der Waals surface area contributed by atoms with E-state index in [1.807, 2.05) is 0 Å². The average Bonchev–Trinajstić information content (AvgIpc) is 2.16. The van der Waals surface area contributed by atoms with Crippen LogP contribution in [0.3, 0.4) is 0 Å². The van der Waals surface area contributed by atoms with Crippen molar-refractivity contribution in [3.05, 3.63) is 34.4 Å². The van der Waals surface area contributed by atoms with Crippen LogP contribution in [-0.4, -0.2) is 26.0 Å². The molecule has 0 saturated carbocycles. The lowest BCUT2D eigenvalue weighted by Gasteiger charge is -1.99. The van der Waals surface area contributed by atoms with E-state index in [0.717, 1.165) is 0 Å². The summed E-state index contributed by atoms with van der Waals surface area (Å²) < 4.78 is 11.4. The van der Waals surface area contributed by atoms with Gasteiger partial charge in [-0.1, -0.05) is 12.1 Å². The van der Waals surface area contributed by atoms with Crippen LogP contribution in [0.15, 0.2) is 29.2 Å². The number of carbonyl (C=O) groups is 1. The molecule has 15 heavy (non-hydrogen) atoms. The summed E-state index contributed by atoms with van der Waals surface area (Å²) in [5.41, 5.74) is -0.322. The Kier molecular flexibility index (Phi) is 3.51. The van der Waals surface area contributed by atoms with Gasteiger partial charge in [0.05, 0.1) is 15.7 Å². The third-order valence-corrected chi connectivity index (χ3v) is 2.91. The van der Waals surface area contributed by atoms with Crippen molar-refractivity contribution in [2.75, 3.05) is 5.75 Å². The van der Waals surface area contributed by atoms with E-state index in [0.29, 0.717) is 0 Å². The minimum Gasteiger partial charge on any atom is -0.481 e. The molecule has 0 amide bonds. The molecule has 0 aliphatic carbocycles. The smallest absolute Gasteiger partial charge is 0.316 e. The van der Waals surface area contributed by atoms with Gasteiger partial charge in [-0.2, -0.15) is 0 Å². The Bertz CT molecular complexity index is 431. The molecule has 1 atom stereocenters. The summed E-state index contributed by atoms with van der Waals surface area (Å²) in [6.45, 7) is 0. The lowest BCUT2D eigenvalue weighted by atomic mass is 10.3. The van der Waals surface area contributed by atoms with E-state index < -0.39 is 27.4 Å². The fraction of sp³-hybridized carbons (Fsp3) is 0.125. The molecule has 1 aromatic rings. The normalized spacial score (nSPS) is 12.0. The van der Waals surface area contributed by atoms with Crippen LogP contribution in [0.2, 0.25) is 0 Å². The van der Waals surface area contributed by atoms with Gasteiger partial charge in [-0.05, 0) is 6.07 Å². The lowest BCUT2D eigenvalue weighted by molar-refractivity contribution is -0.387. The standard InChI is InChI=1S/C8H7NO5S/c10-8(11)5-15(14)7-4-2-1-3-6(7)9(12)13/h1-4H,5H2,(H,10,11). The molecule has 0 fully saturated rings. The largest absolute Gasteiger partial charge is 0.481 e. The minimum atomic E-state index is -1.89. The van der Waals surface area contributed by atoms with E-state index in [9.17, 15) is 19.1 Å². The first kappa shape index (κ1) is 11.3. The fourth-order valence-electron chi connectivity index (χ4n) is 0.990. The zero-order valence-electron chi connectivity index (χ0n) is 7.45. The first-order valence-corrected chi connectivity index (χ1v) is 5.18. The second-order valence-electron chi connectivity index (χ2n) is 2.61. The Morgan fingerprint density at radius 1 is 1.47 bits per heavy atom. The van der Waals surface area contributed by atoms with Crippen molar-refractivity contribution in [1.29, 1.82) is 0 Å². The second kappa shape index (κ2) is 4.65. The van der Waals surface area contributed by atoms with Gasteiger partial charge in [0.15, 0.2) is 0 Å². The number of para-hydroxylation sites is 1. The van der Waals surface area contributed by atoms with E-state index >= 15 is 0 Å². The Morgan fingerprint density at radius 2 is 2.07 bits per heavy atom. The van der Waals surface area contributed by atoms with E-state index in [2.05, 4.69) is 0 Å². The monoisotopic (exact) mass is 229 g/mol. The van der Waals surface area contributed by atoms with Gasteiger partial charge in [0.1, 0.15) is 10.6 Å². The fourth-order valence-corrected chi connectivity index (χ4v) is 1.98. The third kappa shape index (κ3) is 2.84. The number of aliphatic carboxylic acids is 1. The molecule has 1 unspecified atom stereocenters. The summed E-state index contributed by atoms with van der Waals surface area (Å²) in [7, 11) is -1.89. The van der Waals surface area contributed by atoms with Crippen molar-refractivity contribution < 1.29 is 19.0 Å². The van der Waals surface area contributed by atoms with E-state index in [1.54, 1.807) is 0 Å². The predicted octanol–water partition coefficient (Wildman–Crippen LogP) is 0.787. The van der Waals surface area contributed by atoms with Gasteiger partial charge >= 0.3 is 5.97 Å². The topological polar surface area (TPSA) is 97.5 Å². The first-order chi connectivity index (χ1) is 7.02. The zero-order valence-corrected chi connectivity index (χ0v) is 8.27.